The van der Waals surface area contributed by atoms with Crippen molar-refractivity contribution in [2.75, 3.05) is 38.3 Å². The molecule has 1 amide bonds. The van der Waals surface area contributed by atoms with Crippen LogP contribution in [0, 0.1) is 0 Å². The summed E-state index contributed by atoms with van der Waals surface area (Å²) in [5.41, 5.74) is 5.68. The van der Waals surface area contributed by atoms with Crippen molar-refractivity contribution < 1.29 is 22.7 Å². The minimum atomic E-state index is -4.02. The molecule has 3 aromatic carbocycles. The number of hydrogen-bond donors (Lipinski definition) is 0. The van der Waals surface area contributed by atoms with E-state index < -0.39 is 15.9 Å². The Morgan fingerprint density at radius 1 is 0.896 bits per heavy atom. The average molecular weight is 661 g/mol. The van der Waals surface area contributed by atoms with E-state index in [9.17, 15) is 13.2 Å². The van der Waals surface area contributed by atoms with E-state index in [1.165, 1.54) is 6.07 Å². The number of rotatable bonds is 8. The van der Waals surface area contributed by atoms with Gasteiger partial charge in [-0.05, 0) is 54.8 Å². The van der Waals surface area contributed by atoms with Crippen molar-refractivity contribution >= 4 is 38.3 Å². The van der Waals surface area contributed by atoms with Crippen molar-refractivity contribution in [2.24, 2.45) is 0 Å². The summed E-state index contributed by atoms with van der Waals surface area (Å²) in [6, 6.07) is 24.1. The molecule has 48 heavy (non-hydrogen) atoms. The Bertz CT molecular complexity index is 2300. The van der Waals surface area contributed by atoms with E-state index in [0.717, 1.165) is 32.4 Å². The second-order valence-electron chi connectivity index (χ2n) is 11.9. The highest BCUT2D eigenvalue weighted by Crippen LogP contribution is 2.36. The van der Waals surface area contributed by atoms with E-state index in [0.29, 0.717) is 67.4 Å². The molecule has 0 spiro atoms. The second-order valence-corrected chi connectivity index (χ2v) is 13.7. The number of para-hydroxylation sites is 1. The number of benzene rings is 3. The molecular formula is C36H32N6O5S. The summed E-state index contributed by atoms with van der Waals surface area (Å²) in [4.78, 5) is 30.5. The van der Waals surface area contributed by atoms with Crippen LogP contribution in [-0.4, -0.2) is 71.4 Å². The van der Waals surface area contributed by atoms with Crippen LogP contribution >= 0.6 is 0 Å². The van der Waals surface area contributed by atoms with Crippen molar-refractivity contribution in [1.29, 1.82) is 0 Å². The van der Waals surface area contributed by atoms with Crippen molar-refractivity contribution in [1.82, 2.24) is 23.7 Å². The SMILES string of the molecule is COc1ccc(CN2C(=O)c3cc(-c4cnc(N5CCOCC5)c5nc(CCc6ccc7ccccc7n6)cn45)ccc3S2(=O)=O)cc1. The predicted octanol–water partition coefficient (Wildman–Crippen LogP) is 4.92. The van der Waals surface area contributed by atoms with Crippen molar-refractivity contribution in [2.45, 2.75) is 24.3 Å². The fraction of sp³-hybridized carbons (Fsp3) is 0.222. The van der Waals surface area contributed by atoms with Crippen molar-refractivity contribution in [3.8, 4) is 17.0 Å². The lowest BCUT2D eigenvalue weighted by molar-refractivity contribution is 0.0865. The Morgan fingerprint density at radius 2 is 1.69 bits per heavy atom. The van der Waals surface area contributed by atoms with Crippen LogP contribution in [0.4, 0.5) is 5.82 Å². The van der Waals surface area contributed by atoms with Gasteiger partial charge in [0.2, 0.25) is 0 Å². The maximum Gasteiger partial charge on any atom is 0.269 e. The molecule has 12 heteroatoms. The molecule has 2 aliphatic rings. The molecule has 1 saturated heterocycles. The molecule has 6 aromatic rings. The third-order valence-corrected chi connectivity index (χ3v) is 10.7. The van der Waals surface area contributed by atoms with Crippen LogP contribution in [0.2, 0.25) is 0 Å². The highest BCUT2D eigenvalue weighted by molar-refractivity contribution is 7.90. The first kappa shape index (κ1) is 30.0. The molecule has 0 N–H and O–H groups in total. The van der Waals surface area contributed by atoms with E-state index in [2.05, 4.69) is 23.1 Å². The van der Waals surface area contributed by atoms with Gasteiger partial charge >= 0.3 is 0 Å². The standard InChI is InChI=1S/C36H32N6O5S/c1-46-29-13-6-24(7-14-29)22-42-36(43)30-20-26(9-15-33(30)48(42,44)45)32-21-37-34(40-16-18-47-19-17-40)35-39-28(23-41(32)35)12-11-27-10-8-25-4-2-3-5-31(25)38-27/h2-10,13-15,20-21,23H,11-12,16-19,22H2,1H3. The van der Waals surface area contributed by atoms with Gasteiger partial charge in [0.1, 0.15) is 10.6 Å². The predicted molar refractivity (Wildman–Crippen MR) is 181 cm³/mol. The number of sulfonamides is 1. The minimum absolute atomic E-state index is 0.00638. The van der Waals surface area contributed by atoms with Gasteiger partial charge in [0.05, 0.1) is 55.5 Å². The smallest absolute Gasteiger partial charge is 0.269 e. The van der Waals surface area contributed by atoms with Crippen molar-refractivity contribution in [3.05, 3.63) is 114 Å². The summed E-state index contributed by atoms with van der Waals surface area (Å²) in [6.45, 7) is 2.52. The zero-order valence-electron chi connectivity index (χ0n) is 26.2. The van der Waals surface area contributed by atoms with Crippen LogP contribution in [0.15, 0.2) is 96.2 Å². The highest BCUT2D eigenvalue weighted by Gasteiger charge is 2.41. The Kier molecular flexibility index (Phi) is 7.53. The first-order valence-electron chi connectivity index (χ1n) is 15.8. The number of carbonyl (C=O) groups is 1. The summed E-state index contributed by atoms with van der Waals surface area (Å²) in [5.74, 6) is 0.837. The van der Waals surface area contributed by atoms with Crippen molar-refractivity contribution in [3.63, 3.8) is 0 Å². The number of anilines is 1. The van der Waals surface area contributed by atoms with E-state index in [4.69, 9.17) is 24.4 Å². The van der Waals surface area contributed by atoms with E-state index in [-0.39, 0.29) is 17.0 Å². The Hall–Kier alpha value is -5.33. The number of aromatic nitrogens is 4. The number of imidazole rings is 1. The number of ether oxygens (including phenoxy) is 2. The van der Waals surface area contributed by atoms with Gasteiger partial charge in [0, 0.05) is 35.9 Å². The molecule has 0 atom stereocenters. The Morgan fingerprint density at radius 3 is 2.50 bits per heavy atom. The van der Waals surface area contributed by atoms with Crippen LogP contribution in [0.1, 0.15) is 27.3 Å². The molecule has 242 valence electrons. The normalized spacial score (nSPS) is 15.7. The summed E-state index contributed by atoms with van der Waals surface area (Å²) < 4.78 is 40.7. The summed E-state index contributed by atoms with van der Waals surface area (Å²) >= 11 is 0. The quantitative estimate of drug-likeness (QED) is 0.224. The molecule has 5 heterocycles. The number of pyridine rings is 1. The minimum Gasteiger partial charge on any atom is -0.497 e. The molecule has 1 fully saturated rings. The number of nitrogens with zero attached hydrogens (tertiary/aromatic N) is 6. The molecule has 0 saturated carbocycles. The molecule has 0 unspecified atom stereocenters. The average Bonchev–Trinajstić information content (AvgIpc) is 3.64. The first-order chi connectivity index (χ1) is 23.4. The largest absolute Gasteiger partial charge is 0.497 e. The molecule has 3 aromatic heterocycles. The topological polar surface area (TPSA) is 119 Å². The zero-order valence-corrected chi connectivity index (χ0v) is 27.1. The van der Waals surface area contributed by atoms with Crippen LogP contribution < -0.4 is 9.64 Å². The summed E-state index contributed by atoms with van der Waals surface area (Å²) in [6.07, 6.45) is 5.13. The fourth-order valence-corrected chi connectivity index (χ4v) is 7.88. The maximum atomic E-state index is 13.6. The number of carbonyl (C=O) groups excluding carboxylic acids is 1. The second kappa shape index (κ2) is 12.0. The van der Waals surface area contributed by atoms with Crippen LogP contribution in [0.3, 0.4) is 0 Å². The lowest BCUT2D eigenvalue weighted by Crippen LogP contribution is -2.37. The Labute approximate surface area is 277 Å². The Balaban J connectivity index is 1.14. The molecular weight excluding hydrogens is 629 g/mol. The number of aryl methyl sites for hydroxylation is 2. The number of methoxy groups -OCH3 is 1. The molecule has 0 aliphatic carbocycles. The van der Waals surface area contributed by atoms with Gasteiger partial charge in [0.25, 0.3) is 15.9 Å². The van der Waals surface area contributed by atoms with Gasteiger partial charge in [-0.2, -0.15) is 0 Å². The number of morpholine rings is 1. The molecule has 0 radical (unpaired) electrons. The molecule has 8 rings (SSSR count). The van der Waals surface area contributed by atoms with Gasteiger partial charge in [-0.1, -0.05) is 42.5 Å². The third kappa shape index (κ3) is 5.32. The highest BCUT2D eigenvalue weighted by atomic mass is 32.2. The number of amides is 1. The monoisotopic (exact) mass is 660 g/mol. The lowest BCUT2D eigenvalue weighted by atomic mass is 10.1. The maximum absolute atomic E-state index is 13.6. The fourth-order valence-electron chi connectivity index (χ4n) is 6.35. The van der Waals surface area contributed by atoms with E-state index in [1.807, 2.05) is 28.8 Å². The number of hydrogen-bond acceptors (Lipinski definition) is 9. The van der Waals surface area contributed by atoms with Gasteiger partial charge in [-0.25, -0.2) is 22.7 Å². The summed E-state index contributed by atoms with van der Waals surface area (Å²) in [7, 11) is -2.46. The van der Waals surface area contributed by atoms with Gasteiger partial charge in [-0.3, -0.25) is 14.2 Å². The molecule has 2 aliphatic heterocycles. The van der Waals surface area contributed by atoms with E-state index in [1.54, 1.807) is 49.7 Å². The lowest BCUT2D eigenvalue weighted by Gasteiger charge is -2.28. The van der Waals surface area contributed by atoms with Crippen LogP contribution in [-0.2, 0) is 34.1 Å². The van der Waals surface area contributed by atoms with Gasteiger partial charge < -0.3 is 14.4 Å². The summed E-state index contributed by atoms with van der Waals surface area (Å²) in [5, 5.41) is 1.10. The van der Waals surface area contributed by atoms with Crippen LogP contribution in [0.5, 0.6) is 5.75 Å². The first-order valence-corrected chi connectivity index (χ1v) is 17.2. The van der Waals surface area contributed by atoms with Gasteiger partial charge in [0.15, 0.2) is 11.5 Å². The van der Waals surface area contributed by atoms with Crippen LogP contribution in [0.25, 0.3) is 27.8 Å². The van der Waals surface area contributed by atoms with Gasteiger partial charge in [-0.15, -0.1) is 0 Å². The number of fused-ring (bicyclic) bond motifs is 3. The third-order valence-electron chi connectivity index (χ3n) is 8.91. The zero-order chi connectivity index (χ0) is 32.8. The van der Waals surface area contributed by atoms with E-state index >= 15 is 0 Å². The molecule has 0 bridgehead atoms. The molecule has 11 nitrogen and oxygen atoms in total.